The number of rotatable bonds is 8. The van der Waals surface area contributed by atoms with Crippen LogP contribution in [0.15, 0.2) is 33.9 Å². The van der Waals surface area contributed by atoms with E-state index in [0.29, 0.717) is 29.5 Å². The molecular weight excluding hydrogens is 302 g/mol. The highest BCUT2D eigenvalue weighted by Gasteiger charge is 2.20. The molecule has 0 atom stereocenters. The third-order valence-electron chi connectivity index (χ3n) is 3.41. The lowest BCUT2D eigenvalue weighted by atomic mass is 10.1. The van der Waals surface area contributed by atoms with Gasteiger partial charge in [0.15, 0.2) is 0 Å². The first-order valence-electron chi connectivity index (χ1n) is 7.20. The SMILES string of the molecule is CN(C)CCCNc1c(NCc2ccccc2Cl)c(=O)c1=O. The Labute approximate surface area is 134 Å². The van der Waals surface area contributed by atoms with Crippen molar-refractivity contribution in [1.29, 1.82) is 0 Å². The van der Waals surface area contributed by atoms with Gasteiger partial charge in [0, 0.05) is 18.1 Å². The van der Waals surface area contributed by atoms with Crippen LogP contribution in [0.4, 0.5) is 11.4 Å². The summed E-state index contributed by atoms with van der Waals surface area (Å²) in [6.07, 6.45) is 0.899. The Morgan fingerprint density at radius 2 is 1.68 bits per heavy atom. The lowest BCUT2D eigenvalue weighted by Gasteiger charge is -2.16. The first-order chi connectivity index (χ1) is 10.5. The molecule has 0 spiro atoms. The smallest absolute Gasteiger partial charge is 0.253 e. The van der Waals surface area contributed by atoms with E-state index >= 15 is 0 Å². The highest BCUT2D eigenvalue weighted by molar-refractivity contribution is 6.31. The molecule has 0 unspecified atom stereocenters. The summed E-state index contributed by atoms with van der Waals surface area (Å²) in [6.45, 7) is 1.99. The van der Waals surface area contributed by atoms with Crippen molar-refractivity contribution < 1.29 is 0 Å². The van der Waals surface area contributed by atoms with E-state index in [-0.39, 0.29) is 0 Å². The second-order valence-electron chi connectivity index (χ2n) is 5.44. The fourth-order valence-corrected chi connectivity index (χ4v) is 2.37. The Morgan fingerprint density at radius 3 is 2.32 bits per heavy atom. The number of anilines is 2. The maximum Gasteiger partial charge on any atom is 0.253 e. The van der Waals surface area contributed by atoms with E-state index in [4.69, 9.17) is 11.6 Å². The zero-order valence-corrected chi connectivity index (χ0v) is 13.5. The molecular formula is C16H20ClN3O2. The highest BCUT2D eigenvalue weighted by Crippen LogP contribution is 2.19. The van der Waals surface area contributed by atoms with Crippen LogP contribution in [0.5, 0.6) is 0 Å². The third kappa shape index (κ3) is 3.87. The van der Waals surface area contributed by atoms with Crippen LogP contribution in [0.2, 0.25) is 5.02 Å². The van der Waals surface area contributed by atoms with E-state index in [1.807, 2.05) is 32.3 Å². The van der Waals surface area contributed by atoms with E-state index in [9.17, 15) is 9.59 Å². The van der Waals surface area contributed by atoms with E-state index in [1.54, 1.807) is 6.07 Å². The van der Waals surface area contributed by atoms with Crippen LogP contribution < -0.4 is 21.5 Å². The molecule has 0 aliphatic heterocycles. The molecule has 5 nitrogen and oxygen atoms in total. The molecule has 0 heterocycles. The van der Waals surface area contributed by atoms with Crippen molar-refractivity contribution in [3.63, 3.8) is 0 Å². The van der Waals surface area contributed by atoms with E-state index in [0.717, 1.165) is 18.5 Å². The summed E-state index contributed by atoms with van der Waals surface area (Å²) in [5, 5.41) is 6.68. The Balaban J connectivity index is 1.94. The van der Waals surface area contributed by atoms with E-state index in [2.05, 4.69) is 15.5 Å². The zero-order valence-electron chi connectivity index (χ0n) is 12.8. The van der Waals surface area contributed by atoms with Crippen molar-refractivity contribution in [1.82, 2.24) is 4.90 Å². The first kappa shape index (κ1) is 16.5. The molecule has 2 N–H and O–H groups in total. The number of benzene rings is 1. The largest absolute Gasteiger partial charge is 0.380 e. The molecule has 0 bridgehead atoms. The topological polar surface area (TPSA) is 61.4 Å². The first-order valence-corrected chi connectivity index (χ1v) is 7.57. The van der Waals surface area contributed by atoms with Gasteiger partial charge in [-0.2, -0.15) is 0 Å². The van der Waals surface area contributed by atoms with Crippen LogP contribution in [0.1, 0.15) is 12.0 Å². The highest BCUT2D eigenvalue weighted by atomic mass is 35.5. The Morgan fingerprint density at radius 1 is 1.05 bits per heavy atom. The van der Waals surface area contributed by atoms with Gasteiger partial charge in [0.2, 0.25) is 0 Å². The number of nitrogens with zero attached hydrogens (tertiary/aromatic N) is 1. The van der Waals surface area contributed by atoms with E-state index < -0.39 is 10.9 Å². The van der Waals surface area contributed by atoms with Crippen LogP contribution in [0.25, 0.3) is 0 Å². The standard InChI is InChI=1S/C16H20ClN3O2/c1-20(2)9-5-8-18-13-14(16(22)15(13)21)19-10-11-6-3-4-7-12(11)17/h3-4,6-7,18-19H,5,8-10H2,1-2H3. The monoisotopic (exact) mass is 321 g/mol. The van der Waals surface area contributed by atoms with Crippen molar-refractivity contribution in [2.24, 2.45) is 0 Å². The fraction of sp³-hybridized carbons (Fsp3) is 0.375. The van der Waals surface area contributed by atoms with Gasteiger partial charge in [-0.3, -0.25) is 9.59 Å². The average molecular weight is 322 g/mol. The van der Waals surface area contributed by atoms with Gasteiger partial charge in [-0.05, 0) is 38.7 Å². The van der Waals surface area contributed by atoms with Gasteiger partial charge in [-0.15, -0.1) is 0 Å². The Hall–Kier alpha value is -1.85. The molecule has 0 amide bonds. The second kappa shape index (κ2) is 7.42. The van der Waals surface area contributed by atoms with Crippen molar-refractivity contribution >= 4 is 23.0 Å². The maximum absolute atomic E-state index is 11.7. The molecule has 2 aromatic rings. The molecule has 0 aromatic heterocycles. The second-order valence-corrected chi connectivity index (χ2v) is 5.84. The van der Waals surface area contributed by atoms with Gasteiger partial charge in [0.05, 0.1) is 0 Å². The van der Waals surface area contributed by atoms with Crippen molar-refractivity contribution in [3.05, 3.63) is 55.3 Å². The minimum absolute atomic E-state index is 0.356. The predicted molar refractivity (Wildman–Crippen MR) is 91.8 cm³/mol. The molecule has 2 rings (SSSR count). The van der Waals surface area contributed by atoms with Crippen LogP contribution >= 0.6 is 11.6 Å². The van der Waals surface area contributed by atoms with Crippen LogP contribution in [-0.4, -0.2) is 32.1 Å². The predicted octanol–water partition coefficient (Wildman–Crippen LogP) is 1.91. The summed E-state index contributed by atoms with van der Waals surface area (Å²) in [6, 6.07) is 7.40. The number of hydrogen-bond acceptors (Lipinski definition) is 5. The molecule has 0 aliphatic rings. The van der Waals surface area contributed by atoms with Crippen LogP contribution in [0, 0.1) is 0 Å². The summed E-state index contributed by atoms with van der Waals surface area (Å²) in [7, 11) is 3.99. The molecule has 2 aromatic carbocycles. The lowest BCUT2D eigenvalue weighted by molar-refractivity contribution is 0.405. The number of nitrogens with one attached hydrogen (secondary N) is 2. The Kier molecular flexibility index (Phi) is 5.57. The average Bonchev–Trinajstić information content (AvgIpc) is 2.50. The summed E-state index contributed by atoms with van der Waals surface area (Å²) in [5.74, 6) is 0. The number of hydrogen-bond donors (Lipinski definition) is 2. The quantitative estimate of drug-likeness (QED) is 0.574. The van der Waals surface area contributed by atoms with Crippen molar-refractivity contribution in [2.45, 2.75) is 13.0 Å². The summed E-state index contributed by atoms with van der Waals surface area (Å²) in [4.78, 5) is 25.4. The molecule has 0 saturated carbocycles. The summed E-state index contributed by atoms with van der Waals surface area (Å²) in [5.41, 5.74) is 0.704. The molecule has 22 heavy (non-hydrogen) atoms. The summed E-state index contributed by atoms with van der Waals surface area (Å²) >= 11 is 6.07. The minimum atomic E-state index is -0.470. The normalized spacial score (nSPS) is 11.1. The van der Waals surface area contributed by atoms with Gasteiger partial charge in [-0.1, -0.05) is 29.8 Å². The fourth-order valence-electron chi connectivity index (χ4n) is 2.16. The van der Waals surface area contributed by atoms with Crippen molar-refractivity contribution in [3.8, 4) is 0 Å². The van der Waals surface area contributed by atoms with Crippen molar-refractivity contribution in [2.75, 3.05) is 37.8 Å². The van der Waals surface area contributed by atoms with Crippen LogP contribution in [0.3, 0.4) is 0 Å². The molecule has 0 fully saturated rings. The molecule has 0 aliphatic carbocycles. The van der Waals surface area contributed by atoms with E-state index in [1.165, 1.54) is 0 Å². The van der Waals surface area contributed by atoms with Gasteiger partial charge >= 0.3 is 0 Å². The molecule has 6 heteroatoms. The minimum Gasteiger partial charge on any atom is -0.380 e. The molecule has 0 saturated heterocycles. The van der Waals surface area contributed by atoms with Gasteiger partial charge < -0.3 is 15.5 Å². The Bertz CT molecular complexity index is 706. The van der Waals surface area contributed by atoms with Gasteiger partial charge in [0.1, 0.15) is 11.4 Å². The molecule has 0 radical (unpaired) electrons. The number of halogens is 1. The summed E-state index contributed by atoms with van der Waals surface area (Å²) < 4.78 is 0. The van der Waals surface area contributed by atoms with Crippen LogP contribution in [-0.2, 0) is 6.54 Å². The van der Waals surface area contributed by atoms with Gasteiger partial charge in [-0.25, -0.2) is 0 Å². The molecule has 118 valence electrons. The lowest BCUT2D eigenvalue weighted by Crippen LogP contribution is -2.37. The zero-order chi connectivity index (χ0) is 16.1. The maximum atomic E-state index is 11.7. The third-order valence-corrected chi connectivity index (χ3v) is 3.78. The van der Waals surface area contributed by atoms with Gasteiger partial charge in [0.25, 0.3) is 10.9 Å².